The van der Waals surface area contributed by atoms with E-state index in [0.29, 0.717) is 0 Å². The van der Waals surface area contributed by atoms with Gasteiger partial charge in [-0.3, -0.25) is 4.90 Å². The third-order valence-electron chi connectivity index (χ3n) is 5.32. The zero-order chi connectivity index (χ0) is 12.7. The molecule has 3 atom stereocenters. The third-order valence-corrected chi connectivity index (χ3v) is 5.32. The second kappa shape index (κ2) is 4.75. The van der Waals surface area contributed by atoms with E-state index in [0.717, 1.165) is 36.9 Å². The lowest BCUT2D eigenvalue weighted by Gasteiger charge is -2.41. The van der Waals surface area contributed by atoms with Gasteiger partial charge in [0.15, 0.2) is 0 Å². The van der Waals surface area contributed by atoms with Crippen molar-refractivity contribution in [3.63, 3.8) is 0 Å². The van der Waals surface area contributed by atoms with Crippen LogP contribution in [-0.4, -0.2) is 47.1 Å². The Kier molecular flexibility index (Phi) is 2.91. The van der Waals surface area contributed by atoms with Crippen molar-refractivity contribution in [2.75, 3.05) is 31.1 Å². The fourth-order valence-corrected chi connectivity index (χ4v) is 4.37. The summed E-state index contributed by atoms with van der Waals surface area (Å²) in [5.41, 5.74) is 0. The van der Waals surface area contributed by atoms with Gasteiger partial charge in [0.05, 0.1) is 0 Å². The molecule has 1 aliphatic heterocycles. The highest BCUT2D eigenvalue weighted by Crippen LogP contribution is 2.46. The molecule has 2 bridgehead atoms. The van der Waals surface area contributed by atoms with E-state index in [1.165, 1.54) is 38.8 Å². The first-order valence-corrected chi connectivity index (χ1v) is 7.66. The normalized spacial score (nSPS) is 34.9. The Hall–Kier alpha value is -1.16. The van der Waals surface area contributed by atoms with Crippen LogP contribution in [-0.2, 0) is 0 Å². The summed E-state index contributed by atoms with van der Waals surface area (Å²) >= 11 is 0. The Morgan fingerprint density at radius 3 is 2.37 bits per heavy atom. The second-order valence-electron chi connectivity index (χ2n) is 6.31. The van der Waals surface area contributed by atoms with Crippen LogP contribution in [0.2, 0.25) is 0 Å². The van der Waals surface area contributed by atoms with E-state index >= 15 is 0 Å². The molecule has 1 aromatic heterocycles. The lowest BCUT2D eigenvalue weighted by Crippen LogP contribution is -2.52. The number of hydrogen-bond acceptors (Lipinski definition) is 4. The van der Waals surface area contributed by atoms with Crippen molar-refractivity contribution < 1.29 is 0 Å². The number of aromatic nitrogens is 2. The predicted octanol–water partition coefficient (Wildman–Crippen LogP) is 1.79. The summed E-state index contributed by atoms with van der Waals surface area (Å²) in [6.07, 6.45) is 9.63. The maximum absolute atomic E-state index is 4.36. The molecule has 1 aromatic rings. The Balaban J connectivity index is 1.38. The minimum Gasteiger partial charge on any atom is -0.338 e. The molecule has 2 aliphatic carbocycles. The van der Waals surface area contributed by atoms with Crippen molar-refractivity contribution in [1.82, 2.24) is 14.9 Å². The van der Waals surface area contributed by atoms with Gasteiger partial charge in [-0.15, -0.1) is 0 Å². The Labute approximate surface area is 114 Å². The Morgan fingerprint density at radius 2 is 1.74 bits per heavy atom. The van der Waals surface area contributed by atoms with Crippen LogP contribution < -0.4 is 4.90 Å². The van der Waals surface area contributed by atoms with Crippen LogP contribution in [0.3, 0.4) is 0 Å². The maximum atomic E-state index is 4.36. The number of anilines is 1. The van der Waals surface area contributed by atoms with Crippen LogP contribution in [0.5, 0.6) is 0 Å². The van der Waals surface area contributed by atoms with Crippen molar-refractivity contribution in [2.45, 2.75) is 31.7 Å². The molecule has 4 nitrogen and oxygen atoms in total. The number of nitrogens with zero attached hydrogens (tertiary/aromatic N) is 4. The van der Waals surface area contributed by atoms with Crippen molar-refractivity contribution in [3.8, 4) is 0 Å². The summed E-state index contributed by atoms with van der Waals surface area (Å²) in [5, 5.41) is 0. The summed E-state index contributed by atoms with van der Waals surface area (Å²) < 4.78 is 0. The molecular formula is C15H22N4. The largest absolute Gasteiger partial charge is 0.338 e. The van der Waals surface area contributed by atoms with E-state index in [-0.39, 0.29) is 0 Å². The molecule has 3 aliphatic rings. The summed E-state index contributed by atoms with van der Waals surface area (Å²) in [7, 11) is 0. The van der Waals surface area contributed by atoms with Gasteiger partial charge in [-0.05, 0) is 37.2 Å². The monoisotopic (exact) mass is 258 g/mol. The van der Waals surface area contributed by atoms with E-state index in [1.54, 1.807) is 0 Å². The molecular weight excluding hydrogens is 236 g/mol. The molecule has 19 heavy (non-hydrogen) atoms. The molecule has 4 heteroatoms. The van der Waals surface area contributed by atoms with Crippen LogP contribution in [0.1, 0.15) is 25.7 Å². The Bertz CT molecular complexity index is 427. The topological polar surface area (TPSA) is 32.3 Å². The van der Waals surface area contributed by atoms with Gasteiger partial charge in [0.1, 0.15) is 0 Å². The summed E-state index contributed by atoms with van der Waals surface area (Å²) in [5.74, 6) is 2.95. The zero-order valence-corrected chi connectivity index (χ0v) is 11.4. The minimum absolute atomic E-state index is 0.887. The average Bonchev–Trinajstić information content (AvgIpc) is 3.11. The first-order chi connectivity index (χ1) is 9.40. The van der Waals surface area contributed by atoms with Crippen LogP contribution in [0, 0.1) is 11.8 Å². The van der Waals surface area contributed by atoms with E-state index < -0.39 is 0 Å². The molecule has 0 aromatic carbocycles. The van der Waals surface area contributed by atoms with Crippen molar-refractivity contribution in [3.05, 3.63) is 18.5 Å². The van der Waals surface area contributed by atoms with Crippen LogP contribution >= 0.6 is 0 Å². The predicted molar refractivity (Wildman–Crippen MR) is 75.1 cm³/mol. The SMILES string of the molecule is c1cnc(N2CCN([C@H]3C[C@@H]4CC[C@@H]3C4)CC2)nc1. The smallest absolute Gasteiger partial charge is 0.225 e. The molecule has 0 amide bonds. The number of hydrogen-bond donors (Lipinski definition) is 0. The Morgan fingerprint density at radius 1 is 0.947 bits per heavy atom. The quantitative estimate of drug-likeness (QED) is 0.809. The lowest BCUT2D eigenvalue weighted by atomic mass is 9.93. The van der Waals surface area contributed by atoms with Gasteiger partial charge in [0, 0.05) is 44.6 Å². The van der Waals surface area contributed by atoms with Gasteiger partial charge in [-0.2, -0.15) is 0 Å². The molecule has 0 unspecified atom stereocenters. The van der Waals surface area contributed by atoms with Crippen LogP contribution in [0.4, 0.5) is 5.95 Å². The molecule has 0 spiro atoms. The fraction of sp³-hybridized carbons (Fsp3) is 0.733. The van der Waals surface area contributed by atoms with E-state index in [1.807, 2.05) is 18.5 Å². The maximum Gasteiger partial charge on any atom is 0.225 e. The summed E-state index contributed by atoms with van der Waals surface area (Å²) in [6.45, 7) is 4.54. The third kappa shape index (κ3) is 2.12. The van der Waals surface area contributed by atoms with E-state index in [9.17, 15) is 0 Å². The number of piperazine rings is 1. The lowest BCUT2D eigenvalue weighted by molar-refractivity contribution is 0.134. The highest BCUT2D eigenvalue weighted by atomic mass is 15.3. The summed E-state index contributed by atoms with van der Waals surface area (Å²) in [4.78, 5) is 13.8. The highest BCUT2D eigenvalue weighted by Gasteiger charge is 2.42. The standard InChI is InChI=1S/C15H22N4/c1-4-16-15(17-5-1)19-8-6-18(7-9-19)14-11-12-2-3-13(14)10-12/h1,4-5,12-14H,2-3,6-11H2/t12-,13-,14+/m1/s1. The number of rotatable bonds is 2. The first kappa shape index (κ1) is 11.6. The molecule has 2 saturated carbocycles. The van der Waals surface area contributed by atoms with Crippen molar-refractivity contribution in [1.29, 1.82) is 0 Å². The average molecular weight is 258 g/mol. The summed E-state index contributed by atoms with van der Waals surface area (Å²) in [6, 6.07) is 2.77. The fourth-order valence-electron chi connectivity index (χ4n) is 4.37. The van der Waals surface area contributed by atoms with Gasteiger partial charge < -0.3 is 4.90 Å². The van der Waals surface area contributed by atoms with Crippen molar-refractivity contribution in [2.24, 2.45) is 11.8 Å². The number of fused-ring (bicyclic) bond motifs is 2. The highest BCUT2D eigenvalue weighted by molar-refractivity contribution is 5.29. The van der Waals surface area contributed by atoms with Gasteiger partial charge in [0.2, 0.25) is 5.95 Å². The van der Waals surface area contributed by atoms with Crippen LogP contribution in [0.15, 0.2) is 18.5 Å². The van der Waals surface area contributed by atoms with Crippen molar-refractivity contribution >= 4 is 5.95 Å². The second-order valence-corrected chi connectivity index (χ2v) is 6.31. The molecule has 102 valence electrons. The molecule has 3 fully saturated rings. The molecule has 0 radical (unpaired) electrons. The van der Waals surface area contributed by atoms with E-state index in [2.05, 4.69) is 19.8 Å². The molecule has 1 saturated heterocycles. The van der Waals surface area contributed by atoms with Gasteiger partial charge in [-0.1, -0.05) is 6.42 Å². The van der Waals surface area contributed by atoms with Gasteiger partial charge in [0.25, 0.3) is 0 Å². The molecule has 0 N–H and O–H groups in total. The van der Waals surface area contributed by atoms with E-state index in [4.69, 9.17) is 0 Å². The minimum atomic E-state index is 0.887. The zero-order valence-electron chi connectivity index (χ0n) is 11.4. The van der Waals surface area contributed by atoms with Gasteiger partial charge in [-0.25, -0.2) is 9.97 Å². The molecule has 4 rings (SSSR count). The van der Waals surface area contributed by atoms with Crippen LogP contribution in [0.25, 0.3) is 0 Å². The first-order valence-electron chi connectivity index (χ1n) is 7.66. The molecule has 2 heterocycles. The van der Waals surface area contributed by atoms with Gasteiger partial charge >= 0.3 is 0 Å².